The molecule has 3 heterocycles. The molecule has 1 unspecified atom stereocenters. The van der Waals surface area contributed by atoms with E-state index in [9.17, 15) is 14.3 Å². The van der Waals surface area contributed by atoms with Crippen LogP contribution in [0.4, 0.5) is 10.1 Å². The number of aromatic nitrogens is 4. The predicted octanol–water partition coefficient (Wildman–Crippen LogP) is 3.19. The highest BCUT2D eigenvalue weighted by atomic mass is 19.1. The van der Waals surface area contributed by atoms with Crippen molar-refractivity contribution in [3.8, 4) is 5.69 Å². The van der Waals surface area contributed by atoms with Gasteiger partial charge in [-0.1, -0.05) is 0 Å². The second-order valence-corrected chi connectivity index (χ2v) is 7.61. The molecule has 140 valence electrons. The zero-order chi connectivity index (χ0) is 18.5. The lowest BCUT2D eigenvalue weighted by Crippen LogP contribution is -2.51. The molecule has 0 aliphatic heterocycles. The van der Waals surface area contributed by atoms with Gasteiger partial charge >= 0.3 is 5.97 Å². The number of hydrogen-bond acceptors (Lipinski definition) is 4. The van der Waals surface area contributed by atoms with Gasteiger partial charge in [-0.05, 0) is 43.6 Å². The standard InChI is InChI=1S/C19H20FN5O2/c20-12-5-14-15(8-22-18(14)21-6-12)25-9-13(7-23-25)24-17-11-3-1-10(2-4-11)16(17)19(26)27/h5-11,16-17,24H,1-4H2,(H,21,22)(H,26,27)/t10-,11+,16-,17?/m0/s1. The maximum Gasteiger partial charge on any atom is 0.308 e. The zero-order valence-electron chi connectivity index (χ0n) is 14.6. The molecule has 7 nitrogen and oxygen atoms in total. The first kappa shape index (κ1) is 16.3. The number of hydrogen-bond donors (Lipinski definition) is 3. The number of pyridine rings is 1. The van der Waals surface area contributed by atoms with Gasteiger partial charge in [0.25, 0.3) is 0 Å². The number of H-pyrrole nitrogens is 1. The van der Waals surface area contributed by atoms with E-state index < -0.39 is 11.8 Å². The van der Waals surface area contributed by atoms with Gasteiger partial charge in [0, 0.05) is 17.6 Å². The van der Waals surface area contributed by atoms with Crippen LogP contribution in [0.2, 0.25) is 0 Å². The minimum absolute atomic E-state index is 0.0743. The summed E-state index contributed by atoms with van der Waals surface area (Å²) in [6.45, 7) is 0. The molecule has 3 saturated carbocycles. The fourth-order valence-electron chi connectivity index (χ4n) is 4.89. The van der Waals surface area contributed by atoms with Crippen LogP contribution in [0.3, 0.4) is 0 Å². The van der Waals surface area contributed by atoms with Crippen LogP contribution in [0.1, 0.15) is 25.7 Å². The molecule has 3 aliphatic rings. The maximum absolute atomic E-state index is 13.6. The van der Waals surface area contributed by atoms with E-state index in [0.717, 1.165) is 31.4 Å². The molecule has 8 heteroatoms. The van der Waals surface area contributed by atoms with Crippen LogP contribution < -0.4 is 5.32 Å². The van der Waals surface area contributed by atoms with Crippen molar-refractivity contribution >= 4 is 22.7 Å². The topological polar surface area (TPSA) is 95.8 Å². The molecule has 3 N–H and O–H groups in total. The summed E-state index contributed by atoms with van der Waals surface area (Å²) in [5, 5.41) is 18.1. The number of nitrogens with zero attached hydrogens (tertiary/aromatic N) is 3. The van der Waals surface area contributed by atoms with Gasteiger partial charge in [-0.15, -0.1) is 0 Å². The van der Waals surface area contributed by atoms with Crippen LogP contribution in [0.15, 0.2) is 30.9 Å². The van der Waals surface area contributed by atoms with Crippen molar-refractivity contribution < 1.29 is 14.3 Å². The largest absolute Gasteiger partial charge is 0.481 e. The Bertz CT molecular complexity index is 1000. The SMILES string of the molecule is O=C(O)[C@@H]1C(Nc2cnn(-c3c[nH]c4ncc(F)cc34)c2)[C@H]2CC[C@@H]1CC2. The van der Waals surface area contributed by atoms with Crippen molar-refractivity contribution in [2.75, 3.05) is 5.32 Å². The molecule has 2 atom stereocenters. The summed E-state index contributed by atoms with van der Waals surface area (Å²) in [5.41, 5.74) is 2.06. The van der Waals surface area contributed by atoms with Crippen LogP contribution in [0.5, 0.6) is 0 Å². The van der Waals surface area contributed by atoms with Gasteiger partial charge < -0.3 is 15.4 Å². The third-order valence-corrected chi connectivity index (χ3v) is 6.14. The molecule has 2 bridgehead atoms. The van der Waals surface area contributed by atoms with Gasteiger partial charge in [0.2, 0.25) is 0 Å². The molecule has 3 aromatic heterocycles. The summed E-state index contributed by atoms with van der Waals surface area (Å²) in [4.78, 5) is 18.8. The smallest absolute Gasteiger partial charge is 0.308 e. The Kier molecular flexibility index (Phi) is 3.66. The average Bonchev–Trinajstić information content (AvgIpc) is 3.28. The maximum atomic E-state index is 13.6. The fraction of sp³-hybridized carbons (Fsp3) is 0.421. The van der Waals surface area contributed by atoms with E-state index in [4.69, 9.17) is 0 Å². The average molecular weight is 369 g/mol. The van der Waals surface area contributed by atoms with Crippen LogP contribution in [-0.2, 0) is 4.79 Å². The van der Waals surface area contributed by atoms with E-state index in [-0.39, 0.29) is 17.9 Å². The first-order chi connectivity index (χ1) is 13.1. The van der Waals surface area contributed by atoms with Gasteiger partial charge in [0.15, 0.2) is 0 Å². The van der Waals surface area contributed by atoms with Crippen molar-refractivity contribution in [2.24, 2.45) is 17.8 Å². The number of carboxylic acids is 1. The highest BCUT2D eigenvalue weighted by molar-refractivity contribution is 5.85. The third kappa shape index (κ3) is 2.67. The molecule has 3 aromatic rings. The highest BCUT2D eigenvalue weighted by Crippen LogP contribution is 2.46. The van der Waals surface area contributed by atoms with Crippen LogP contribution in [-0.4, -0.2) is 36.9 Å². The zero-order valence-corrected chi connectivity index (χ0v) is 14.6. The summed E-state index contributed by atoms with van der Waals surface area (Å²) >= 11 is 0. The second-order valence-electron chi connectivity index (χ2n) is 7.61. The molecule has 27 heavy (non-hydrogen) atoms. The Balaban J connectivity index is 1.43. The van der Waals surface area contributed by atoms with Gasteiger partial charge in [-0.2, -0.15) is 5.10 Å². The van der Waals surface area contributed by atoms with Crippen LogP contribution in [0.25, 0.3) is 16.7 Å². The number of carbonyl (C=O) groups is 1. The molecular weight excluding hydrogens is 349 g/mol. The predicted molar refractivity (Wildman–Crippen MR) is 97.2 cm³/mol. The highest BCUT2D eigenvalue weighted by Gasteiger charge is 2.47. The van der Waals surface area contributed by atoms with Gasteiger partial charge in [0.05, 0.1) is 35.9 Å². The molecular formula is C19H20FN5O2. The van der Waals surface area contributed by atoms with E-state index in [0.29, 0.717) is 22.6 Å². The van der Waals surface area contributed by atoms with Gasteiger partial charge in [0.1, 0.15) is 11.5 Å². The van der Waals surface area contributed by atoms with Crippen LogP contribution >= 0.6 is 0 Å². The number of aromatic amines is 1. The number of carboxylic acid groups (broad SMARTS) is 1. The molecule has 0 saturated heterocycles. The van der Waals surface area contributed by atoms with Crippen molar-refractivity contribution in [1.29, 1.82) is 0 Å². The molecule has 3 fully saturated rings. The van der Waals surface area contributed by atoms with E-state index in [1.165, 1.54) is 12.3 Å². The van der Waals surface area contributed by atoms with Crippen molar-refractivity contribution in [2.45, 2.75) is 31.7 Å². The Morgan fingerprint density at radius 3 is 2.81 bits per heavy atom. The summed E-state index contributed by atoms with van der Waals surface area (Å²) in [5.74, 6) is -0.843. The van der Waals surface area contributed by atoms with Crippen molar-refractivity contribution in [3.05, 3.63) is 36.7 Å². The second kappa shape index (κ2) is 6.07. The lowest BCUT2D eigenvalue weighted by molar-refractivity contribution is -0.148. The number of fused-ring (bicyclic) bond motifs is 4. The number of nitrogens with one attached hydrogen (secondary N) is 2. The summed E-state index contributed by atoms with van der Waals surface area (Å²) in [7, 11) is 0. The van der Waals surface area contributed by atoms with Gasteiger partial charge in [-0.25, -0.2) is 14.1 Å². The minimum atomic E-state index is -0.715. The first-order valence-corrected chi connectivity index (χ1v) is 9.27. The fourth-order valence-corrected chi connectivity index (χ4v) is 4.89. The van der Waals surface area contributed by atoms with E-state index >= 15 is 0 Å². The summed E-state index contributed by atoms with van der Waals surface area (Å²) in [6, 6.07) is 1.35. The van der Waals surface area contributed by atoms with E-state index in [1.807, 2.05) is 6.20 Å². The number of aliphatic carboxylic acids is 1. The number of anilines is 1. The minimum Gasteiger partial charge on any atom is -0.481 e. The van der Waals surface area contributed by atoms with Gasteiger partial charge in [-0.3, -0.25) is 4.79 Å². The molecule has 0 aromatic carbocycles. The third-order valence-electron chi connectivity index (χ3n) is 6.14. The Hall–Kier alpha value is -2.90. The lowest BCUT2D eigenvalue weighted by Gasteiger charge is -2.47. The van der Waals surface area contributed by atoms with Crippen molar-refractivity contribution in [3.63, 3.8) is 0 Å². The van der Waals surface area contributed by atoms with E-state index in [2.05, 4.69) is 20.4 Å². The quantitative estimate of drug-likeness (QED) is 0.656. The Morgan fingerprint density at radius 1 is 1.26 bits per heavy atom. The first-order valence-electron chi connectivity index (χ1n) is 9.27. The molecule has 6 rings (SSSR count). The number of rotatable bonds is 4. The molecule has 0 spiro atoms. The monoisotopic (exact) mass is 369 g/mol. The summed E-state index contributed by atoms with van der Waals surface area (Å²) in [6.07, 6.45) is 10.6. The Labute approximate surface area is 154 Å². The summed E-state index contributed by atoms with van der Waals surface area (Å²) < 4.78 is 15.2. The Morgan fingerprint density at radius 2 is 2.04 bits per heavy atom. The van der Waals surface area contributed by atoms with Crippen LogP contribution in [0, 0.1) is 23.6 Å². The molecule has 0 amide bonds. The normalized spacial score (nSPS) is 27.1. The number of halogens is 1. The molecule has 0 radical (unpaired) electrons. The lowest BCUT2D eigenvalue weighted by atomic mass is 9.61. The molecule has 3 aliphatic carbocycles. The van der Waals surface area contributed by atoms with Crippen molar-refractivity contribution in [1.82, 2.24) is 19.7 Å². The van der Waals surface area contributed by atoms with E-state index in [1.54, 1.807) is 17.1 Å².